The minimum absolute atomic E-state index is 0.0988. The number of rotatable bonds is 2. The third kappa shape index (κ3) is 2.01. The molecule has 92 valence electrons. The predicted octanol–water partition coefficient (Wildman–Crippen LogP) is 2.04. The number of H-pyrrole nitrogens is 1. The molecule has 1 N–H and O–H groups in total. The maximum Gasteiger partial charge on any atom is 0.291 e. The van der Waals surface area contributed by atoms with Gasteiger partial charge in [-0.05, 0) is 18.4 Å². The van der Waals surface area contributed by atoms with Gasteiger partial charge in [-0.2, -0.15) is 0 Å². The van der Waals surface area contributed by atoms with Gasteiger partial charge in [-0.3, -0.25) is 4.79 Å². The molecule has 0 atom stereocenters. The molecule has 0 saturated carbocycles. The molecular weight excluding hydrogens is 226 g/mol. The summed E-state index contributed by atoms with van der Waals surface area (Å²) >= 11 is 0. The smallest absolute Gasteiger partial charge is 0.291 e. The Kier molecular flexibility index (Phi) is 2.84. The van der Waals surface area contributed by atoms with E-state index in [0.717, 1.165) is 37.2 Å². The van der Waals surface area contributed by atoms with Crippen LogP contribution in [-0.2, 0) is 0 Å². The normalized spacial score (nSPS) is 15.0. The minimum atomic E-state index is -0.0988. The topological polar surface area (TPSA) is 49.0 Å². The quantitative estimate of drug-likeness (QED) is 0.875. The van der Waals surface area contributed by atoms with Crippen LogP contribution in [0.3, 0.4) is 0 Å². The molecule has 0 aliphatic carbocycles. The molecule has 0 spiro atoms. The number of anilines is 1. The summed E-state index contributed by atoms with van der Waals surface area (Å²) in [5.41, 5.74) is 1.65. The lowest BCUT2D eigenvalue weighted by Gasteiger charge is -2.15. The molecule has 1 fully saturated rings. The van der Waals surface area contributed by atoms with Crippen LogP contribution in [0.1, 0.15) is 12.8 Å². The van der Waals surface area contributed by atoms with E-state index < -0.39 is 0 Å². The second-order valence-electron chi connectivity index (χ2n) is 4.51. The summed E-state index contributed by atoms with van der Waals surface area (Å²) in [5, 5.41) is 0. The van der Waals surface area contributed by atoms with E-state index in [4.69, 9.17) is 0 Å². The van der Waals surface area contributed by atoms with Crippen LogP contribution in [0.4, 0.5) is 5.82 Å². The van der Waals surface area contributed by atoms with Crippen molar-refractivity contribution in [1.82, 2.24) is 9.97 Å². The molecule has 1 aliphatic heterocycles. The van der Waals surface area contributed by atoms with Crippen molar-refractivity contribution in [2.75, 3.05) is 18.0 Å². The summed E-state index contributed by atoms with van der Waals surface area (Å²) in [6.07, 6.45) is 4.02. The van der Waals surface area contributed by atoms with Crippen molar-refractivity contribution in [3.8, 4) is 11.3 Å². The van der Waals surface area contributed by atoms with Gasteiger partial charge in [0, 0.05) is 13.1 Å². The monoisotopic (exact) mass is 241 g/mol. The van der Waals surface area contributed by atoms with E-state index in [0.29, 0.717) is 5.82 Å². The average Bonchev–Trinajstić information content (AvgIpc) is 2.93. The molecule has 0 unspecified atom stereocenters. The van der Waals surface area contributed by atoms with Gasteiger partial charge in [0.05, 0.1) is 11.9 Å². The Hall–Kier alpha value is -2.10. The third-order valence-corrected chi connectivity index (χ3v) is 3.26. The van der Waals surface area contributed by atoms with Crippen LogP contribution in [0.2, 0.25) is 0 Å². The first-order valence-electron chi connectivity index (χ1n) is 6.24. The molecule has 18 heavy (non-hydrogen) atoms. The first-order valence-corrected chi connectivity index (χ1v) is 6.24. The van der Waals surface area contributed by atoms with Gasteiger partial charge < -0.3 is 9.88 Å². The molecule has 2 heterocycles. The van der Waals surface area contributed by atoms with E-state index >= 15 is 0 Å². The van der Waals surface area contributed by atoms with Gasteiger partial charge in [0.15, 0.2) is 5.82 Å². The zero-order valence-electron chi connectivity index (χ0n) is 10.1. The summed E-state index contributed by atoms with van der Waals surface area (Å²) in [4.78, 5) is 21.3. The number of hydrogen-bond acceptors (Lipinski definition) is 3. The lowest BCUT2D eigenvalue weighted by atomic mass is 10.2. The highest BCUT2D eigenvalue weighted by atomic mass is 16.1. The molecule has 1 saturated heterocycles. The van der Waals surface area contributed by atoms with Crippen molar-refractivity contribution in [3.63, 3.8) is 0 Å². The highest BCUT2D eigenvalue weighted by molar-refractivity contribution is 5.58. The van der Waals surface area contributed by atoms with Gasteiger partial charge >= 0.3 is 0 Å². The van der Waals surface area contributed by atoms with Gasteiger partial charge in [0.2, 0.25) is 0 Å². The lowest BCUT2D eigenvalue weighted by molar-refractivity contribution is 0.913. The van der Waals surface area contributed by atoms with Crippen LogP contribution < -0.4 is 10.5 Å². The molecule has 1 aromatic heterocycles. The van der Waals surface area contributed by atoms with Gasteiger partial charge in [-0.15, -0.1) is 0 Å². The Balaban J connectivity index is 1.96. The molecule has 4 heteroatoms. The van der Waals surface area contributed by atoms with Crippen molar-refractivity contribution in [2.45, 2.75) is 12.8 Å². The molecule has 1 aliphatic rings. The number of aromatic amines is 1. The van der Waals surface area contributed by atoms with E-state index in [9.17, 15) is 4.79 Å². The van der Waals surface area contributed by atoms with Crippen molar-refractivity contribution in [2.24, 2.45) is 0 Å². The summed E-state index contributed by atoms with van der Waals surface area (Å²) < 4.78 is 0. The SMILES string of the molecule is O=c1[nH]c(-c2ccccc2)cnc1N1CCCC1. The summed E-state index contributed by atoms with van der Waals surface area (Å²) in [5.74, 6) is 0.548. The van der Waals surface area contributed by atoms with Crippen molar-refractivity contribution < 1.29 is 0 Å². The molecule has 3 rings (SSSR count). The van der Waals surface area contributed by atoms with Crippen LogP contribution >= 0.6 is 0 Å². The third-order valence-electron chi connectivity index (χ3n) is 3.26. The van der Waals surface area contributed by atoms with Crippen LogP contribution in [0, 0.1) is 0 Å². The molecule has 1 aromatic carbocycles. The molecule has 0 amide bonds. The van der Waals surface area contributed by atoms with Crippen LogP contribution in [0.15, 0.2) is 41.3 Å². The fraction of sp³-hybridized carbons (Fsp3) is 0.286. The van der Waals surface area contributed by atoms with Crippen LogP contribution in [0.25, 0.3) is 11.3 Å². The van der Waals surface area contributed by atoms with E-state index in [2.05, 4.69) is 9.97 Å². The number of aromatic nitrogens is 2. The lowest BCUT2D eigenvalue weighted by Crippen LogP contribution is -2.27. The highest BCUT2D eigenvalue weighted by Gasteiger charge is 2.16. The van der Waals surface area contributed by atoms with Crippen LogP contribution in [-0.4, -0.2) is 23.1 Å². The molecular formula is C14H15N3O. The minimum Gasteiger partial charge on any atom is -0.352 e. The second kappa shape index (κ2) is 4.64. The van der Waals surface area contributed by atoms with Crippen molar-refractivity contribution >= 4 is 5.82 Å². The Bertz CT molecular complexity index is 585. The van der Waals surface area contributed by atoms with Gasteiger partial charge in [0.1, 0.15) is 0 Å². The highest BCUT2D eigenvalue weighted by Crippen LogP contribution is 2.17. The second-order valence-corrected chi connectivity index (χ2v) is 4.51. The zero-order valence-corrected chi connectivity index (χ0v) is 10.1. The molecule has 4 nitrogen and oxygen atoms in total. The Morgan fingerprint density at radius 3 is 2.50 bits per heavy atom. The first kappa shape index (κ1) is 11.0. The predicted molar refractivity (Wildman–Crippen MR) is 71.7 cm³/mol. The van der Waals surface area contributed by atoms with E-state index in [1.807, 2.05) is 35.2 Å². The summed E-state index contributed by atoms with van der Waals surface area (Å²) in [6.45, 7) is 1.86. The molecule has 0 radical (unpaired) electrons. The van der Waals surface area contributed by atoms with Gasteiger partial charge in [-0.1, -0.05) is 30.3 Å². The zero-order chi connectivity index (χ0) is 12.4. The fourth-order valence-corrected chi connectivity index (χ4v) is 2.31. The largest absolute Gasteiger partial charge is 0.352 e. The number of nitrogens with zero attached hydrogens (tertiary/aromatic N) is 2. The summed E-state index contributed by atoms with van der Waals surface area (Å²) in [7, 11) is 0. The standard InChI is InChI=1S/C14H15N3O/c18-14-13(17-8-4-5-9-17)15-10-12(16-14)11-6-2-1-3-7-11/h1-3,6-7,10H,4-5,8-9H2,(H,16,18). The number of benzene rings is 1. The maximum atomic E-state index is 12.0. The Labute approximate surface area is 105 Å². The van der Waals surface area contributed by atoms with Crippen LogP contribution in [0.5, 0.6) is 0 Å². The number of nitrogens with one attached hydrogen (secondary N) is 1. The molecule has 0 bridgehead atoms. The van der Waals surface area contributed by atoms with Crippen molar-refractivity contribution in [1.29, 1.82) is 0 Å². The van der Waals surface area contributed by atoms with E-state index in [1.165, 1.54) is 0 Å². The average molecular weight is 241 g/mol. The van der Waals surface area contributed by atoms with E-state index in [1.54, 1.807) is 6.20 Å². The maximum absolute atomic E-state index is 12.0. The van der Waals surface area contributed by atoms with Gasteiger partial charge in [0.25, 0.3) is 5.56 Å². The molecule has 2 aromatic rings. The number of hydrogen-bond donors (Lipinski definition) is 1. The summed E-state index contributed by atoms with van der Waals surface area (Å²) in [6, 6.07) is 9.77. The Morgan fingerprint density at radius 1 is 1.11 bits per heavy atom. The van der Waals surface area contributed by atoms with E-state index in [-0.39, 0.29) is 5.56 Å². The van der Waals surface area contributed by atoms with Gasteiger partial charge in [-0.25, -0.2) is 4.98 Å². The first-order chi connectivity index (χ1) is 8.84. The Morgan fingerprint density at radius 2 is 1.83 bits per heavy atom. The fourth-order valence-electron chi connectivity index (χ4n) is 2.31. The van der Waals surface area contributed by atoms with Crippen molar-refractivity contribution in [3.05, 3.63) is 46.9 Å².